The Balaban J connectivity index is 2.09. The van der Waals surface area contributed by atoms with Crippen LogP contribution in [-0.2, 0) is 4.79 Å². The lowest BCUT2D eigenvalue weighted by Crippen LogP contribution is -2.46. The first kappa shape index (κ1) is 16.8. The number of hydrogen-bond acceptors (Lipinski definition) is 2. The van der Waals surface area contributed by atoms with Gasteiger partial charge in [0.15, 0.2) is 0 Å². The molecule has 2 aliphatic rings. The van der Waals surface area contributed by atoms with E-state index in [1.165, 1.54) is 32.1 Å². The van der Waals surface area contributed by atoms with E-state index >= 15 is 0 Å². The zero-order chi connectivity index (χ0) is 15.5. The van der Waals surface area contributed by atoms with Gasteiger partial charge in [-0.05, 0) is 37.0 Å². The van der Waals surface area contributed by atoms with Gasteiger partial charge in [0.05, 0.1) is 12.2 Å². The van der Waals surface area contributed by atoms with Crippen molar-refractivity contribution in [2.45, 2.75) is 91.3 Å². The lowest BCUT2D eigenvalue weighted by molar-refractivity contribution is -0.132. The first-order chi connectivity index (χ1) is 9.98. The molecule has 2 rings (SSSR count). The zero-order valence-electron chi connectivity index (χ0n) is 14.5. The van der Waals surface area contributed by atoms with Crippen LogP contribution in [0.5, 0.6) is 0 Å². The molecule has 0 aromatic carbocycles. The van der Waals surface area contributed by atoms with Crippen molar-refractivity contribution in [3.05, 3.63) is 0 Å². The Bertz CT molecular complexity index is 347. The van der Waals surface area contributed by atoms with Gasteiger partial charge in [-0.25, -0.2) is 0 Å². The third kappa shape index (κ3) is 4.00. The second-order valence-corrected chi connectivity index (χ2v) is 7.83. The maximum atomic E-state index is 12.8. The molecule has 0 spiro atoms. The predicted molar refractivity (Wildman–Crippen MR) is 88.0 cm³/mol. The van der Waals surface area contributed by atoms with Crippen molar-refractivity contribution < 1.29 is 4.79 Å². The summed E-state index contributed by atoms with van der Waals surface area (Å²) in [5, 5.41) is 3.69. The second kappa shape index (κ2) is 7.13. The summed E-state index contributed by atoms with van der Waals surface area (Å²) in [4.78, 5) is 15.0. The molecule has 1 N–H and O–H groups in total. The quantitative estimate of drug-likeness (QED) is 0.771. The van der Waals surface area contributed by atoms with Crippen LogP contribution in [-0.4, -0.2) is 29.6 Å². The molecule has 2 atom stereocenters. The fourth-order valence-electron chi connectivity index (χ4n) is 3.73. The van der Waals surface area contributed by atoms with Crippen molar-refractivity contribution in [2.75, 3.05) is 6.54 Å². The molecule has 122 valence electrons. The van der Waals surface area contributed by atoms with Crippen LogP contribution >= 0.6 is 0 Å². The largest absolute Gasteiger partial charge is 0.325 e. The summed E-state index contributed by atoms with van der Waals surface area (Å²) in [7, 11) is 0. The van der Waals surface area contributed by atoms with Gasteiger partial charge in [0, 0.05) is 6.54 Å². The lowest BCUT2D eigenvalue weighted by atomic mass is 9.89. The lowest BCUT2D eigenvalue weighted by Gasteiger charge is -2.35. The molecular formula is C18H34N2O. The molecule has 1 saturated heterocycles. The van der Waals surface area contributed by atoms with Crippen molar-refractivity contribution in [2.24, 2.45) is 11.3 Å². The number of rotatable bonds is 7. The number of nitrogens with zero attached hydrogens (tertiary/aromatic N) is 1. The molecule has 1 aliphatic carbocycles. The second-order valence-electron chi connectivity index (χ2n) is 7.83. The third-order valence-corrected chi connectivity index (χ3v) is 5.54. The van der Waals surface area contributed by atoms with E-state index in [0.29, 0.717) is 18.0 Å². The molecule has 3 nitrogen and oxygen atoms in total. The SMILES string of the molecule is CCCCC1NC(C2CCCC2)N(CC(C)(C)CC)C1=O. The summed E-state index contributed by atoms with van der Waals surface area (Å²) in [6.45, 7) is 9.90. The van der Waals surface area contributed by atoms with Crippen LogP contribution in [0.4, 0.5) is 0 Å². The molecule has 21 heavy (non-hydrogen) atoms. The molecule has 0 aromatic rings. The van der Waals surface area contributed by atoms with E-state index in [4.69, 9.17) is 0 Å². The minimum Gasteiger partial charge on any atom is -0.325 e. The van der Waals surface area contributed by atoms with Gasteiger partial charge < -0.3 is 4.90 Å². The number of carbonyl (C=O) groups excluding carboxylic acids is 1. The van der Waals surface area contributed by atoms with E-state index in [9.17, 15) is 4.79 Å². The van der Waals surface area contributed by atoms with E-state index in [1.54, 1.807) is 0 Å². The van der Waals surface area contributed by atoms with Crippen LogP contribution in [0.25, 0.3) is 0 Å². The highest BCUT2D eigenvalue weighted by atomic mass is 16.2. The van der Waals surface area contributed by atoms with Crippen molar-refractivity contribution in [3.63, 3.8) is 0 Å². The molecule has 2 fully saturated rings. The number of nitrogens with one attached hydrogen (secondary N) is 1. The smallest absolute Gasteiger partial charge is 0.241 e. The van der Waals surface area contributed by atoms with Gasteiger partial charge in [0.1, 0.15) is 0 Å². The average molecular weight is 294 g/mol. The van der Waals surface area contributed by atoms with Crippen LogP contribution in [0.2, 0.25) is 0 Å². The molecule has 1 saturated carbocycles. The molecule has 0 aromatic heterocycles. The topological polar surface area (TPSA) is 32.3 Å². The monoisotopic (exact) mass is 294 g/mol. The van der Waals surface area contributed by atoms with Gasteiger partial charge in [-0.15, -0.1) is 0 Å². The third-order valence-electron chi connectivity index (χ3n) is 5.54. The summed E-state index contributed by atoms with van der Waals surface area (Å²) in [5.74, 6) is 1.04. The van der Waals surface area contributed by atoms with Crippen molar-refractivity contribution >= 4 is 5.91 Å². The molecule has 2 unspecified atom stereocenters. The van der Waals surface area contributed by atoms with E-state index in [0.717, 1.165) is 25.8 Å². The van der Waals surface area contributed by atoms with Gasteiger partial charge in [0.25, 0.3) is 0 Å². The number of carbonyl (C=O) groups is 1. The van der Waals surface area contributed by atoms with E-state index in [-0.39, 0.29) is 11.5 Å². The van der Waals surface area contributed by atoms with E-state index < -0.39 is 0 Å². The highest BCUT2D eigenvalue weighted by Crippen LogP contribution is 2.34. The first-order valence-electron chi connectivity index (χ1n) is 9.05. The van der Waals surface area contributed by atoms with Gasteiger partial charge in [0.2, 0.25) is 5.91 Å². The Morgan fingerprint density at radius 1 is 1.24 bits per heavy atom. The average Bonchev–Trinajstić information content (AvgIpc) is 3.07. The number of amides is 1. The standard InChI is InChI=1S/C18H34N2O/c1-5-7-12-15-17(21)20(13-18(3,4)6-2)16(19-15)14-10-8-9-11-14/h14-16,19H,5-13H2,1-4H3. The van der Waals surface area contributed by atoms with Gasteiger partial charge in [-0.1, -0.05) is 53.4 Å². The minimum absolute atomic E-state index is 0.0724. The zero-order valence-corrected chi connectivity index (χ0v) is 14.5. The molecule has 1 heterocycles. The Morgan fingerprint density at radius 3 is 2.48 bits per heavy atom. The Hall–Kier alpha value is -0.570. The van der Waals surface area contributed by atoms with Crippen molar-refractivity contribution in [1.29, 1.82) is 0 Å². The predicted octanol–water partition coefficient (Wildman–Crippen LogP) is 3.93. The van der Waals surface area contributed by atoms with Gasteiger partial charge in [-0.2, -0.15) is 0 Å². The fraction of sp³-hybridized carbons (Fsp3) is 0.944. The summed E-state index contributed by atoms with van der Waals surface area (Å²) in [6.07, 6.45) is 9.97. The normalized spacial score (nSPS) is 27.8. The summed E-state index contributed by atoms with van der Waals surface area (Å²) in [6, 6.07) is 0.0724. The molecule has 0 bridgehead atoms. The summed E-state index contributed by atoms with van der Waals surface area (Å²) in [5.41, 5.74) is 0.216. The Labute approximate surface area is 130 Å². The van der Waals surface area contributed by atoms with Gasteiger partial charge in [-0.3, -0.25) is 10.1 Å². The van der Waals surface area contributed by atoms with Crippen LogP contribution in [0.1, 0.15) is 79.1 Å². The highest BCUT2D eigenvalue weighted by molar-refractivity contribution is 5.84. The first-order valence-corrected chi connectivity index (χ1v) is 9.05. The molecular weight excluding hydrogens is 260 g/mol. The van der Waals surface area contributed by atoms with Gasteiger partial charge >= 0.3 is 0 Å². The number of unbranched alkanes of at least 4 members (excludes halogenated alkanes) is 1. The Kier molecular flexibility index (Phi) is 5.70. The molecule has 0 radical (unpaired) electrons. The molecule has 1 amide bonds. The summed E-state index contributed by atoms with van der Waals surface area (Å²) >= 11 is 0. The van der Waals surface area contributed by atoms with Crippen LogP contribution in [0, 0.1) is 11.3 Å². The fourth-order valence-corrected chi connectivity index (χ4v) is 3.73. The van der Waals surface area contributed by atoms with E-state index in [1.807, 2.05) is 0 Å². The number of hydrogen-bond donors (Lipinski definition) is 1. The van der Waals surface area contributed by atoms with Crippen LogP contribution in [0.3, 0.4) is 0 Å². The molecule has 1 aliphatic heterocycles. The van der Waals surface area contributed by atoms with Crippen LogP contribution < -0.4 is 5.32 Å². The maximum absolute atomic E-state index is 12.8. The van der Waals surface area contributed by atoms with Crippen molar-refractivity contribution in [3.8, 4) is 0 Å². The van der Waals surface area contributed by atoms with Crippen molar-refractivity contribution in [1.82, 2.24) is 10.2 Å². The molecule has 3 heteroatoms. The maximum Gasteiger partial charge on any atom is 0.241 e. The summed E-state index contributed by atoms with van der Waals surface area (Å²) < 4.78 is 0. The Morgan fingerprint density at radius 2 is 1.90 bits per heavy atom. The van der Waals surface area contributed by atoms with E-state index in [2.05, 4.69) is 37.9 Å². The highest BCUT2D eigenvalue weighted by Gasteiger charge is 2.44. The van der Waals surface area contributed by atoms with Crippen LogP contribution in [0.15, 0.2) is 0 Å². The minimum atomic E-state index is 0.0724.